The minimum Gasteiger partial charge on any atom is -0.378 e. The van der Waals surface area contributed by atoms with E-state index in [-0.39, 0.29) is 18.4 Å². The highest BCUT2D eigenvalue weighted by Gasteiger charge is 2.18. The highest BCUT2D eigenvalue weighted by atomic mass is 16.5. The zero-order valence-corrected chi connectivity index (χ0v) is 16.2. The molecule has 6 nitrogen and oxygen atoms in total. The number of carbonyl (C=O) groups excluding carboxylic acids is 2. The zero-order valence-electron chi connectivity index (χ0n) is 16.2. The molecule has 0 saturated carbocycles. The number of carbonyl (C=O) groups is 2. The Labute approximate surface area is 165 Å². The molecule has 0 aliphatic carbocycles. The second kappa shape index (κ2) is 9.90. The van der Waals surface area contributed by atoms with Gasteiger partial charge in [0.25, 0.3) is 5.91 Å². The lowest BCUT2D eigenvalue weighted by molar-refractivity contribution is -0.119. The molecule has 2 aromatic rings. The van der Waals surface area contributed by atoms with Gasteiger partial charge in [-0.15, -0.1) is 0 Å². The van der Waals surface area contributed by atoms with Crippen LogP contribution in [-0.2, 0) is 16.0 Å². The number of aryl methyl sites for hydroxylation is 1. The van der Waals surface area contributed by atoms with Gasteiger partial charge in [0.05, 0.1) is 19.8 Å². The molecular weight excluding hydrogens is 354 g/mol. The molecule has 1 heterocycles. The lowest BCUT2D eigenvalue weighted by atomic mass is 10.1. The Hall–Kier alpha value is -2.86. The van der Waals surface area contributed by atoms with Gasteiger partial charge < -0.3 is 20.3 Å². The van der Waals surface area contributed by atoms with Crippen LogP contribution in [0.1, 0.15) is 21.5 Å². The molecule has 0 radical (unpaired) electrons. The smallest absolute Gasteiger partial charge is 0.254 e. The topological polar surface area (TPSA) is 70.7 Å². The number of ether oxygens (including phenoxy) is 1. The van der Waals surface area contributed by atoms with Crippen LogP contribution < -0.4 is 10.6 Å². The van der Waals surface area contributed by atoms with E-state index in [0.717, 1.165) is 12.1 Å². The van der Waals surface area contributed by atoms with E-state index in [4.69, 9.17) is 4.74 Å². The maximum atomic E-state index is 12.6. The number of morpholine rings is 1. The Morgan fingerprint density at radius 3 is 2.64 bits per heavy atom. The van der Waals surface area contributed by atoms with Crippen molar-refractivity contribution in [1.29, 1.82) is 0 Å². The van der Waals surface area contributed by atoms with E-state index in [1.54, 1.807) is 17.0 Å². The van der Waals surface area contributed by atoms with E-state index in [2.05, 4.69) is 29.7 Å². The van der Waals surface area contributed by atoms with Crippen LogP contribution in [0.5, 0.6) is 0 Å². The van der Waals surface area contributed by atoms with Crippen molar-refractivity contribution in [1.82, 2.24) is 10.2 Å². The summed E-state index contributed by atoms with van der Waals surface area (Å²) in [6.07, 6.45) is 0.807. The van der Waals surface area contributed by atoms with E-state index in [0.29, 0.717) is 38.4 Å². The molecule has 0 aromatic heterocycles. The van der Waals surface area contributed by atoms with E-state index >= 15 is 0 Å². The molecule has 1 fully saturated rings. The average molecular weight is 381 g/mol. The van der Waals surface area contributed by atoms with E-state index in [1.165, 1.54) is 11.1 Å². The van der Waals surface area contributed by atoms with Gasteiger partial charge in [-0.1, -0.05) is 30.3 Å². The van der Waals surface area contributed by atoms with Gasteiger partial charge in [0.2, 0.25) is 5.91 Å². The molecule has 0 bridgehead atoms. The van der Waals surface area contributed by atoms with Gasteiger partial charge >= 0.3 is 0 Å². The summed E-state index contributed by atoms with van der Waals surface area (Å²) in [6.45, 7) is 5.21. The van der Waals surface area contributed by atoms with Gasteiger partial charge in [-0.05, 0) is 42.7 Å². The van der Waals surface area contributed by atoms with Crippen molar-refractivity contribution < 1.29 is 14.3 Å². The number of benzene rings is 2. The summed E-state index contributed by atoms with van der Waals surface area (Å²) in [7, 11) is 0. The third-order valence-corrected chi connectivity index (χ3v) is 4.84. The molecule has 0 spiro atoms. The van der Waals surface area contributed by atoms with E-state index < -0.39 is 0 Å². The fraction of sp³-hybridized carbons (Fsp3) is 0.364. The Bertz CT molecular complexity index is 816. The second-order valence-corrected chi connectivity index (χ2v) is 6.87. The van der Waals surface area contributed by atoms with Crippen LogP contribution in [-0.4, -0.2) is 56.1 Å². The quantitative estimate of drug-likeness (QED) is 0.772. The first-order valence-electron chi connectivity index (χ1n) is 9.65. The largest absolute Gasteiger partial charge is 0.378 e. The van der Waals surface area contributed by atoms with Gasteiger partial charge in [-0.25, -0.2) is 0 Å². The standard InChI is InChI=1S/C22H27N3O3/c1-17-5-2-3-6-18(17)9-10-23-21(26)16-24-20-8-4-7-19(15-20)22(27)25-11-13-28-14-12-25/h2-8,15,24H,9-14,16H2,1H3,(H,23,26). The number of hydrogen-bond acceptors (Lipinski definition) is 4. The predicted octanol–water partition coefficient (Wildman–Crippen LogP) is 2.24. The molecule has 1 aliphatic rings. The molecule has 0 atom stereocenters. The van der Waals surface area contributed by atoms with Crippen molar-refractivity contribution in [2.45, 2.75) is 13.3 Å². The summed E-state index contributed by atoms with van der Waals surface area (Å²) < 4.78 is 5.29. The van der Waals surface area contributed by atoms with Crippen LogP contribution in [0.4, 0.5) is 5.69 Å². The Morgan fingerprint density at radius 1 is 1.07 bits per heavy atom. The second-order valence-electron chi connectivity index (χ2n) is 6.87. The van der Waals surface area contributed by atoms with Crippen molar-refractivity contribution in [3.63, 3.8) is 0 Å². The Kier molecular flexibility index (Phi) is 7.03. The van der Waals surface area contributed by atoms with Crippen LogP contribution in [0.25, 0.3) is 0 Å². The monoisotopic (exact) mass is 381 g/mol. The van der Waals surface area contributed by atoms with Crippen molar-refractivity contribution in [3.8, 4) is 0 Å². The lowest BCUT2D eigenvalue weighted by Gasteiger charge is -2.27. The molecule has 0 unspecified atom stereocenters. The Balaban J connectivity index is 1.45. The normalized spacial score (nSPS) is 13.8. The fourth-order valence-corrected chi connectivity index (χ4v) is 3.18. The first-order chi connectivity index (χ1) is 13.6. The van der Waals surface area contributed by atoms with Gasteiger partial charge in [0.1, 0.15) is 0 Å². The zero-order chi connectivity index (χ0) is 19.8. The molecule has 3 rings (SSSR count). The molecule has 1 saturated heterocycles. The third kappa shape index (κ3) is 5.57. The van der Waals surface area contributed by atoms with Crippen molar-refractivity contribution in [2.24, 2.45) is 0 Å². The van der Waals surface area contributed by atoms with E-state index in [9.17, 15) is 9.59 Å². The summed E-state index contributed by atoms with van der Waals surface area (Å²) >= 11 is 0. The molecule has 2 aromatic carbocycles. The first kappa shape index (κ1) is 19.9. The number of amides is 2. The Morgan fingerprint density at radius 2 is 1.86 bits per heavy atom. The first-order valence-corrected chi connectivity index (χ1v) is 9.65. The average Bonchev–Trinajstić information content (AvgIpc) is 2.74. The van der Waals surface area contributed by atoms with E-state index in [1.807, 2.05) is 24.3 Å². The summed E-state index contributed by atoms with van der Waals surface area (Å²) in [5, 5.41) is 6.02. The number of nitrogens with zero attached hydrogens (tertiary/aromatic N) is 1. The van der Waals surface area contributed by atoms with Crippen LogP contribution in [0, 0.1) is 6.92 Å². The van der Waals surface area contributed by atoms with Crippen molar-refractivity contribution in [3.05, 3.63) is 65.2 Å². The number of rotatable bonds is 7. The van der Waals surface area contributed by atoms with Crippen molar-refractivity contribution in [2.75, 3.05) is 44.7 Å². The van der Waals surface area contributed by atoms with Gasteiger partial charge in [0, 0.05) is 30.9 Å². The highest BCUT2D eigenvalue weighted by Crippen LogP contribution is 2.13. The molecule has 6 heteroatoms. The molecule has 28 heavy (non-hydrogen) atoms. The van der Waals surface area contributed by atoms with Gasteiger partial charge in [0.15, 0.2) is 0 Å². The summed E-state index contributed by atoms with van der Waals surface area (Å²) in [4.78, 5) is 26.4. The fourth-order valence-electron chi connectivity index (χ4n) is 3.18. The summed E-state index contributed by atoms with van der Waals surface area (Å²) in [5.41, 5.74) is 3.85. The molecule has 148 valence electrons. The van der Waals surface area contributed by atoms with Crippen LogP contribution in [0.2, 0.25) is 0 Å². The number of nitrogens with one attached hydrogen (secondary N) is 2. The predicted molar refractivity (Wildman–Crippen MR) is 110 cm³/mol. The SMILES string of the molecule is Cc1ccccc1CCNC(=O)CNc1cccc(C(=O)N2CCOCC2)c1. The van der Waals surface area contributed by atoms with Crippen LogP contribution in [0.3, 0.4) is 0 Å². The molecule has 2 N–H and O–H groups in total. The number of hydrogen-bond donors (Lipinski definition) is 2. The lowest BCUT2D eigenvalue weighted by Crippen LogP contribution is -2.40. The number of anilines is 1. The minimum atomic E-state index is -0.0708. The van der Waals surface area contributed by atoms with Crippen LogP contribution >= 0.6 is 0 Å². The maximum absolute atomic E-state index is 12.6. The minimum absolute atomic E-state index is 0.00497. The molecular formula is C22H27N3O3. The highest BCUT2D eigenvalue weighted by molar-refractivity contribution is 5.95. The maximum Gasteiger partial charge on any atom is 0.254 e. The van der Waals surface area contributed by atoms with Gasteiger partial charge in [-0.2, -0.15) is 0 Å². The van der Waals surface area contributed by atoms with Crippen LogP contribution in [0.15, 0.2) is 48.5 Å². The van der Waals surface area contributed by atoms with Gasteiger partial charge in [-0.3, -0.25) is 9.59 Å². The molecule has 2 amide bonds. The van der Waals surface area contributed by atoms with Crippen molar-refractivity contribution >= 4 is 17.5 Å². The molecule has 1 aliphatic heterocycles. The summed E-state index contributed by atoms with van der Waals surface area (Å²) in [6, 6.07) is 15.4. The summed E-state index contributed by atoms with van der Waals surface area (Å²) in [5.74, 6) is -0.0758. The third-order valence-electron chi connectivity index (χ3n) is 4.84.